The second-order valence-electron chi connectivity index (χ2n) is 6.68. The molecule has 2 saturated carbocycles. The fraction of sp³-hybridized carbons (Fsp3) is 0.857. The quantitative estimate of drug-likeness (QED) is 0.814. The van der Waals surface area contributed by atoms with Crippen molar-refractivity contribution < 1.29 is 22.8 Å². The van der Waals surface area contributed by atoms with E-state index >= 15 is 0 Å². The van der Waals surface area contributed by atoms with Crippen LogP contribution in [0.5, 0.6) is 0 Å². The third kappa shape index (κ3) is 3.49. The zero-order valence-corrected chi connectivity index (χ0v) is 12.4. The van der Waals surface area contributed by atoms with Crippen molar-refractivity contribution in [3.63, 3.8) is 0 Å². The van der Waals surface area contributed by atoms with Crippen molar-refractivity contribution in [1.29, 1.82) is 0 Å². The van der Waals surface area contributed by atoms with Gasteiger partial charge < -0.3 is 10.6 Å². The van der Waals surface area contributed by atoms with Gasteiger partial charge in [-0.05, 0) is 31.6 Å². The van der Waals surface area contributed by atoms with E-state index in [4.69, 9.17) is 0 Å². The van der Waals surface area contributed by atoms with Crippen molar-refractivity contribution in [2.24, 2.45) is 23.7 Å². The number of hydrogen-bond acceptors (Lipinski definition) is 2. The molecule has 0 spiro atoms. The summed E-state index contributed by atoms with van der Waals surface area (Å²) in [7, 11) is 0. The van der Waals surface area contributed by atoms with Gasteiger partial charge in [-0.15, -0.1) is 0 Å². The predicted molar refractivity (Wildman–Crippen MR) is 70.2 cm³/mol. The van der Waals surface area contributed by atoms with Crippen molar-refractivity contribution in [2.75, 3.05) is 6.54 Å². The van der Waals surface area contributed by atoms with Gasteiger partial charge in [-0.3, -0.25) is 9.59 Å². The number of rotatable bonds is 5. The summed E-state index contributed by atoms with van der Waals surface area (Å²) in [6, 6.07) is 0. The van der Waals surface area contributed by atoms with E-state index in [1.165, 1.54) is 0 Å². The maximum Gasteiger partial charge on any atom is 0.412 e. The highest BCUT2D eigenvalue weighted by atomic mass is 19.4. The lowest BCUT2D eigenvalue weighted by Gasteiger charge is -2.33. The maximum atomic E-state index is 13.2. The molecule has 120 valence electrons. The summed E-state index contributed by atoms with van der Waals surface area (Å²) < 4.78 is 39.7. The average molecular weight is 306 g/mol. The second kappa shape index (κ2) is 5.18. The fourth-order valence-electron chi connectivity index (χ4n) is 2.35. The van der Waals surface area contributed by atoms with Crippen LogP contribution in [-0.4, -0.2) is 30.1 Å². The van der Waals surface area contributed by atoms with Gasteiger partial charge in [0.15, 0.2) is 5.54 Å². The van der Waals surface area contributed by atoms with E-state index in [0.717, 1.165) is 6.92 Å². The number of carbonyl (C=O) groups is 2. The van der Waals surface area contributed by atoms with Crippen molar-refractivity contribution in [3.05, 3.63) is 0 Å². The highest BCUT2D eigenvalue weighted by molar-refractivity contribution is 5.83. The van der Waals surface area contributed by atoms with Gasteiger partial charge in [0, 0.05) is 18.4 Å². The van der Waals surface area contributed by atoms with E-state index in [0.29, 0.717) is 12.8 Å². The minimum absolute atomic E-state index is 0.129. The molecule has 2 fully saturated rings. The van der Waals surface area contributed by atoms with E-state index < -0.39 is 24.2 Å². The standard InChI is InChI=1S/C14H21F3N2O2/c1-7-4-9(7)11(20)18-6-13(3,14(15,16)17)19-12(21)10-5-8(10)2/h7-10H,4-6H2,1-3H3,(H,18,20)(H,19,21)/t7-,8-,9+,10+,13+/m1/s1. The summed E-state index contributed by atoms with van der Waals surface area (Å²) in [5.74, 6) is -1.13. The molecule has 21 heavy (non-hydrogen) atoms. The van der Waals surface area contributed by atoms with Gasteiger partial charge in [0.1, 0.15) is 0 Å². The predicted octanol–water partition coefficient (Wildman–Crippen LogP) is 1.85. The highest BCUT2D eigenvalue weighted by Crippen LogP contribution is 2.40. The Morgan fingerprint density at radius 3 is 1.86 bits per heavy atom. The highest BCUT2D eigenvalue weighted by Gasteiger charge is 2.54. The van der Waals surface area contributed by atoms with Crippen LogP contribution in [0.25, 0.3) is 0 Å². The lowest BCUT2D eigenvalue weighted by atomic mass is 10.0. The topological polar surface area (TPSA) is 58.2 Å². The minimum atomic E-state index is -4.62. The van der Waals surface area contributed by atoms with Gasteiger partial charge in [-0.2, -0.15) is 13.2 Å². The molecule has 0 bridgehead atoms. The molecule has 5 atom stereocenters. The minimum Gasteiger partial charge on any atom is -0.353 e. The molecule has 7 heteroatoms. The molecule has 0 heterocycles. The second-order valence-corrected chi connectivity index (χ2v) is 6.68. The Balaban J connectivity index is 1.96. The fourth-order valence-corrected chi connectivity index (χ4v) is 2.35. The van der Waals surface area contributed by atoms with Crippen molar-refractivity contribution in [2.45, 2.75) is 45.3 Å². The molecule has 0 aromatic rings. The molecule has 2 aliphatic rings. The first kappa shape index (κ1) is 16.1. The summed E-state index contributed by atoms with van der Waals surface area (Å²) in [4.78, 5) is 23.5. The normalized spacial score (nSPS) is 33.8. The van der Waals surface area contributed by atoms with Gasteiger partial charge in [0.05, 0.1) is 0 Å². The van der Waals surface area contributed by atoms with Crippen LogP contribution in [0, 0.1) is 23.7 Å². The van der Waals surface area contributed by atoms with E-state index in [9.17, 15) is 22.8 Å². The molecule has 2 rings (SSSR count). The van der Waals surface area contributed by atoms with Gasteiger partial charge in [0.2, 0.25) is 11.8 Å². The molecule has 2 amide bonds. The zero-order valence-electron chi connectivity index (χ0n) is 12.4. The average Bonchev–Trinajstić information content (AvgIpc) is 3.23. The monoisotopic (exact) mass is 306 g/mol. The van der Waals surface area contributed by atoms with Crippen molar-refractivity contribution >= 4 is 11.8 Å². The van der Waals surface area contributed by atoms with E-state index in [1.54, 1.807) is 0 Å². The SMILES string of the molecule is C[C@@H]1C[C@@H]1C(=O)NC[C@](C)(NC(=O)[C@H]1C[C@H]1C)C(F)(F)F. The molecular formula is C14H21F3N2O2. The summed E-state index contributed by atoms with van der Waals surface area (Å²) in [6.45, 7) is 3.98. The number of nitrogens with one attached hydrogen (secondary N) is 2. The zero-order chi connectivity index (χ0) is 16.0. The third-order valence-electron chi connectivity index (χ3n) is 4.53. The van der Waals surface area contributed by atoms with E-state index in [-0.39, 0.29) is 29.6 Å². The number of halogens is 3. The van der Waals surface area contributed by atoms with Gasteiger partial charge >= 0.3 is 6.18 Å². The lowest BCUT2D eigenvalue weighted by Crippen LogP contribution is -2.62. The lowest BCUT2D eigenvalue weighted by molar-refractivity contribution is -0.192. The van der Waals surface area contributed by atoms with E-state index in [2.05, 4.69) is 10.6 Å². The van der Waals surface area contributed by atoms with Crippen molar-refractivity contribution in [3.8, 4) is 0 Å². The third-order valence-corrected chi connectivity index (χ3v) is 4.53. The van der Waals surface area contributed by atoms with Crippen LogP contribution in [-0.2, 0) is 9.59 Å². The number of alkyl halides is 3. The summed E-state index contributed by atoms with van der Waals surface area (Å²) in [5, 5.41) is 4.40. The smallest absolute Gasteiger partial charge is 0.353 e. The Kier molecular flexibility index (Phi) is 3.97. The maximum absolute atomic E-state index is 13.2. The van der Waals surface area contributed by atoms with Crippen LogP contribution in [0.1, 0.15) is 33.6 Å². The van der Waals surface area contributed by atoms with Crippen LogP contribution in [0.3, 0.4) is 0 Å². The summed E-state index contributed by atoms with van der Waals surface area (Å²) in [6.07, 6.45) is -3.30. The van der Waals surface area contributed by atoms with Crippen LogP contribution in [0.4, 0.5) is 13.2 Å². The van der Waals surface area contributed by atoms with E-state index in [1.807, 2.05) is 13.8 Å². The number of hydrogen-bond donors (Lipinski definition) is 2. The Bertz CT molecular complexity index is 452. The van der Waals surface area contributed by atoms with Crippen LogP contribution >= 0.6 is 0 Å². The van der Waals surface area contributed by atoms with Gasteiger partial charge in [-0.25, -0.2) is 0 Å². The molecular weight excluding hydrogens is 285 g/mol. The van der Waals surface area contributed by atoms with Crippen LogP contribution in [0.15, 0.2) is 0 Å². The molecule has 4 nitrogen and oxygen atoms in total. The molecule has 2 aliphatic carbocycles. The number of amides is 2. The molecule has 0 aromatic heterocycles. The molecule has 0 aliphatic heterocycles. The van der Waals surface area contributed by atoms with Gasteiger partial charge in [0.25, 0.3) is 0 Å². The number of carbonyl (C=O) groups excluding carboxylic acids is 2. The first-order valence-electron chi connectivity index (χ1n) is 7.21. The Morgan fingerprint density at radius 1 is 1.05 bits per heavy atom. The molecule has 0 radical (unpaired) electrons. The van der Waals surface area contributed by atoms with Crippen molar-refractivity contribution in [1.82, 2.24) is 10.6 Å². The molecule has 0 aromatic carbocycles. The molecule has 0 unspecified atom stereocenters. The van der Waals surface area contributed by atoms with Crippen LogP contribution in [0.2, 0.25) is 0 Å². The first-order chi connectivity index (χ1) is 9.55. The molecule has 0 saturated heterocycles. The Hall–Kier alpha value is -1.27. The Morgan fingerprint density at radius 2 is 1.48 bits per heavy atom. The van der Waals surface area contributed by atoms with Crippen LogP contribution < -0.4 is 10.6 Å². The summed E-state index contributed by atoms with van der Waals surface area (Å²) >= 11 is 0. The largest absolute Gasteiger partial charge is 0.412 e. The van der Waals surface area contributed by atoms with Gasteiger partial charge in [-0.1, -0.05) is 13.8 Å². The summed E-state index contributed by atoms with van der Waals surface area (Å²) in [5.41, 5.74) is -2.43. The molecule has 2 N–H and O–H groups in total. The first-order valence-corrected chi connectivity index (χ1v) is 7.21. The Labute approximate surface area is 121 Å².